The van der Waals surface area contributed by atoms with E-state index in [1.807, 2.05) is 30.3 Å². The fraction of sp³-hybridized carbons (Fsp3) is 0.429. The molecule has 0 spiro atoms. The summed E-state index contributed by atoms with van der Waals surface area (Å²) in [4.78, 5) is 23.1. The number of esters is 1. The van der Waals surface area contributed by atoms with Gasteiger partial charge in [-0.25, -0.2) is 0 Å². The maximum atomic E-state index is 12.0. The molecule has 4 heteroatoms. The van der Waals surface area contributed by atoms with E-state index in [1.165, 1.54) is 7.11 Å². The predicted molar refractivity (Wildman–Crippen MR) is 67.1 cm³/mol. The summed E-state index contributed by atoms with van der Waals surface area (Å²) in [5, 5.41) is 0. The Morgan fingerprint density at radius 2 is 1.83 bits per heavy atom. The van der Waals surface area contributed by atoms with E-state index in [1.54, 1.807) is 6.92 Å². The minimum Gasteiger partial charge on any atom is -0.466 e. The third-order valence-electron chi connectivity index (χ3n) is 2.51. The van der Waals surface area contributed by atoms with Crippen molar-refractivity contribution in [3.8, 4) is 0 Å². The minimum atomic E-state index is -0.611. The molecule has 4 nitrogen and oxygen atoms in total. The number of benzene rings is 1. The number of carbonyl (C=O) groups is 2. The van der Waals surface area contributed by atoms with Crippen LogP contribution < -0.4 is 0 Å². The normalized spacial score (nSPS) is 11.9. The Labute approximate surface area is 107 Å². The lowest BCUT2D eigenvalue weighted by Crippen LogP contribution is -2.16. The number of hydrogen-bond acceptors (Lipinski definition) is 4. The van der Waals surface area contributed by atoms with Gasteiger partial charge in [-0.05, 0) is 12.5 Å². The van der Waals surface area contributed by atoms with Crippen LogP contribution in [0.4, 0.5) is 0 Å². The number of ether oxygens (including phenoxy) is 2. The molecule has 0 N–H and O–H groups in total. The topological polar surface area (TPSA) is 52.6 Å². The molecule has 1 unspecified atom stereocenters. The van der Waals surface area contributed by atoms with Crippen molar-refractivity contribution in [1.82, 2.24) is 0 Å². The van der Waals surface area contributed by atoms with E-state index in [2.05, 4.69) is 0 Å². The molecule has 0 saturated heterocycles. The van der Waals surface area contributed by atoms with Crippen molar-refractivity contribution < 1.29 is 19.1 Å². The monoisotopic (exact) mass is 250 g/mol. The molecule has 1 aromatic carbocycles. The van der Waals surface area contributed by atoms with Gasteiger partial charge in [0.25, 0.3) is 0 Å². The summed E-state index contributed by atoms with van der Waals surface area (Å²) in [6, 6.07) is 9.23. The maximum absolute atomic E-state index is 12.0. The summed E-state index contributed by atoms with van der Waals surface area (Å²) in [6.07, 6.45) is -0.383. The van der Waals surface area contributed by atoms with Crippen LogP contribution in [0.15, 0.2) is 30.3 Å². The molecule has 0 amide bonds. The zero-order chi connectivity index (χ0) is 13.4. The molecule has 0 aliphatic rings. The quantitative estimate of drug-likeness (QED) is 0.697. The van der Waals surface area contributed by atoms with E-state index in [-0.39, 0.29) is 24.6 Å². The van der Waals surface area contributed by atoms with Gasteiger partial charge in [0, 0.05) is 13.5 Å². The van der Waals surface area contributed by atoms with Crippen LogP contribution >= 0.6 is 0 Å². The van der Waals surface area contributed by atoms with Crippen LogP contribution in [0.25, 0.3) is 0 Å². The van der Waals surface area contributed by atoms with Crippen LogP contribution in [0.5, 0.6) is 0 Å². The summed E-state index contributed by atoms with van der Waals surface area (Å²) < 4.78 is 9.97. The SMILES string of the molecule is CCOC(=O)CCC(=O)C(OC)c1ccccc1. The predicted octanol–water partition coefficient (Wildman–Crippen LogP) is 2.29. The van der Waals surface area contributed by atoms with Gasteiger partial charge in [-0.15, -0.1) is 0 Å². The average molecular weight is 250 g/mol. The van der Waals surface area contributed by atoms with E-state index < -0.39 is 6.10 Å². The Balaban J connectivity index is 2.56. The van der Waals surface area contributed by atoms with Crippen LogP contribution in [-0.4, -0.2) is 25.5 Å². The van der Waals surface area contributed by atoms with Gasteiger partial charge in [0.2, 0.25) is 0 Å². The van der Waals surface area contributed by atoms with Crippen molar-refractivity contribution in [2.45, 2.75) is 25.9 Å². The summed E-state index contributed by atoms with van der Waals surface area (Å²) >= 11 is 0. The van der Waals surface area contributed by atoms with Gasteiger partial charge in [0.05, 0.1) is 13.0 Å². The Kier molecular flexibility index (Phi) is 6.08. The first-order valence-corrected chi connectivity index (χ1v) is 5.95. The molecule has 0 radical (unpaired) electrons. The molecule has 0 aliphatic heterocycles. The molecule has 1 rings (SSSR count). The summed E-state index contributed by atoms with van der Waals surface area (Å²) in [5.74, 6) is -0.467. The standard InChI is InChI=1S/C14H18O4/c1-3-18-13(16)10-9-12(15)14(17-2)11-7-5-4-6-8-11/h4-8,14H,3,9-10H2,1-2H3. The first kappa shape index (κ1) is 14.4. The molecule has 98 valence electrons. The number of hydrogen-bond donors (Lipinski definition) is 0. The fourth-order valence-electron chi connectivity index (χ4n) is 1.67. The van der Waals surface area contributed by atoms with Crippen molar-refractivity contribution in [1.29, 1.82) is 0 Å². The van der Waals surface area contributed by atoms with Crippen LogP contribution in [-0.2, 0) is 19.1 Å². The molecular weight excluding hydrogens is 232 g/mol. The van der Waals surface area contributed by atoms with Crippen LogP contribution in [0.3, 0.4) is 0 Å². The highest BCUT2D eigenvalue weighted by molar-refractivity contribution is 5.87. The molecule has 0 aliphatic carbocycles. The van der Waals surface area contributed by atoms with Crippen molar-refractivity contribution in [3.63, 3.8) is 0 Å². The third-order valence-corrected chi connectivity index (χ3v) is 2.51. The highest BCUT2D eigenvalue weighted by atomic mass is 16.5. The molecule has 0 fully saturated rings. The van der Waals surface area contributed by atoms with Gasteiger partial charge in [-0.3, -0.25) is 9.59 Å². The van der Waals surface area contributed by atoms with Gasteiger partial charge >= 0.3 is 5.97 Å². The van der Waals surface area contributed by atoms with Gasteiger partial charge in [-0.1, -0.05) is 30.3 Å². The molecule has 18 heavy (non-hydrogen) atoms. The molecule has 0 bridgehead atoms. The highest BCUT2D eigenvalue weighted by Gasteiger charge is 2.20. The Morgan fingerprint density at radius 1 is 1.17 bits per heavy atom. The van der Waals surface area contributed by atoms with E-state index in [9.17, 15) is 9.59 Å². The first-order valence-electron chi connectivity index (χ1n) is 5.95. The highest BCUT2D eigenvalue weighted by Crippen LogP contribution is 2.19. The lowest BCUT2D eigenvalue weighted by atomic mass is 10.0. The Hall–Kier alpha value is -1.68. The third kappa shape index (κ3) is 4.30. The average Bonchev–Trinajstić information content (AvgIpc) is 2.39. The molecule has 1 atom stereocenters. The first-order chi connectivity index (χ1) is 8.69. The van der Waals surface area contributed by atoms with Crippen LogP contribution in [0, 0.1) is 0 Å². The lowest BCUT2D eigenvalue weighted by molar-refractivity contribution is -0.145. The van der Waals surface area contributed by atoms with E-state index in [0.29, 0.717) is 6.61 Å². The molecule has 0 aromatic heterocycles. The largest absolute Gasteiger partial charge is 0.466 e. The van der Waals surface area contributed by atoms with Gasteiger partial charge in [-0.2, -0.15) is 0 Å². The van der Waals surface area contributed by atoms with Gasteiger partial charge in [0.1, 0.15) is 6.10 Å². The van der Waals surface area contributed by atoms with Crippen molar-refractivity contribution >= 4 is 11.8 Å². The zero-order valence-corrected chi connectivity index (χ0v) is 10.7. The molecular formula is C14H18O4. The molecule has 0 saturated carbocycles. The smallest absolute Gasteiger partial charge is 0.306 e. The van der Waals surface area contributed by atoms with Crippen molar-refractivity contribution in [3.05, 3.63) is 35.9 Å². The van der Waals surface area contributed by atoms with Crippen molar-refractivity contribution in [2.24, 2.45) is 0 Å². The van der Waals surface area contributed by atoms with Crippen molar-refractivity contribution in [2.75, 3.05) is 13.7 Å². The maximum Gasteiger partial charge on any atom is 0.306 e. The van der Waals surface area contributed by atoms with Crippen LogP contribution in [0.2, 0.25) is 0 Å². The lowest BCUT2D eigenvalue weighted by Gasteiger charge is -2.14. The minimum absolute atomic E-state index is 0.0966. The fourth-order valence-corrected chi connectivity index (χ4v) is 1.67. The number of carbonyl (C=O) groups excluding carboxylic acids is 2. The second-order valence-electron chi connectivity index (χ2n) is 3.80. The second-order valence-corrected chi connectivity index (χ2v) is 3.80. The van der Waals surface area contributed by atoms with Gasteiger partial charge in [0.15, 0.2) is 5.78 Å². The summed E-state index contributed by atoms with van der Waals surface area (Å²) in [7, 11) is 1.49. The Morgan fingerprint density at radius 3 is 2.39 bits per heavy atom. The number of rotatable bonds is 7. The van der Waals surface area contributed by atoms with E-state index in [4.69, 9.17) is 9.47 Å². The number of methoxy groups -OCH3 is 1. The summed E-state index contributed by atoms with van der Waals surface area (Å²) in [6.45, 7) is 2.07. The molecule has 1 aromatic rings. The number of Topliss-reactive ketones (excluding diaryl/α,β-unsaturated/α-hetero) is 1. The second kappa shape index (κ2) is 7.61. The van der Waals surface area contributed by atoms with Crippen LogP contribution in [0.1, 0.15) is 31.4 Å². The van der Waals surface area contributed by atoms with E-state index >= 15 is 0 Å². The van der Waals surface area contributed by atoms with E-state index in [0.717, 1.165) is 5.56 Å². The number of ketones is 1. The molecule has 0 heterocycles. The van der Waals surface area contributed by atoms with Gasteiger partial charge < -0.3 is 9.47 Å². The Bertz CT molecular complexity index is 386. The summed E-state index contributed by atoms with van der Waals surface area (Å²) in [5.41, 5.74) is 0.800. The zero-order valence-electron chi connectivity index (χ0n) is 10.7.